The van der Waals surface area contributed by atoms with E-state index in [2.05, 4.69) is 9.97 Å². The number of carbonyl (C=O) groups excluding carboxylic acids is 2. The second kappa shape index (κ2) is 13.9. The van der Waals surface area contributed by atoms with Crippen molar-refractivity contribution in [1.29, 1.82) is 0 Å². The quantitative estimate of drug-likeness (QED) is 0.541. The Balaban J connectivity index is 0. The van der Waals surface area contributed by atoms with Gasteiger partial charge in [0.1, 0.15) is 0 Å². The molecule has 0 saturated carbocycles. The van der Waals surface area contributed by atoms with Crippen LogP contribution in [0.1, 0.15) is 17.8 Å². The first-order valence-corrected chi connectivity index (χ1v) is 6.06. The van der Waals surface area contributed by atoms with Crippen LogP contribution in [-0.4, -0.2) is 21.9 Å². The fraction of sp³-hybridized carbons (Fsp3) is 0.200. The molecule has 2 aromatic rings. The minimum absolute atomic E-state index is 0. The third kappa shape index (κ3) is 16.0. The predicted octanol–water partition coefficient (Wildman–Crippen LogP) is -0.346. The monoisotopic (exact) mass is 483 g/mol. The standard InChI is InChI=1S/2C6H7N.C3H4O4.Pt/c2*1-6-4-2-3-5-7-6;4-2(5)1-3(6)7;/h2*2-5H,1H3;1H2,(H,4,5)(H,6,7);/q;;;+2/p-2. The van der Waals surface area contributed by atoms with Crippen LogP contribution in [0.3, 0.4) is 0 Å². The summed E-state index contributed by atoms with van der Waals surface area (Å²) >= 11 is 0. The Kier molecular flexibility index (Phi) is 14.0. The zero-order valence-corrected chi connectivity index (χ0v) is 14.4. The van der Waals surface area contributed by atoms with Crippen LogP contribution in [0.25, 0.3) is 0 Å². The largest absolute Gasteiger partial charge is 2.00 e. The SMILES string of the molecule is Cc1ccccn1.Cc1ccccn1.O=C([O-])CC(=O)[O-].[Pt+2]. The minimum atomic E-state index is -1.63. The molecule has 0 fully saturated rings. The molecule has 0 radical (unpaired) electrons. The molecule has 0 spiro atoms. The van der Waals surface area contributed by atoms with Crippen molar-refractivity contribution in [2.24, 2.45) is 0 Å². The summed E-state index contributed by atoms with van der Waals surface area (Å²) in [5, 5.41) is 18.6. The number of pyridine rings is 2. The first-order chi connectivity index (χ1) is 9.91. The van der Waals surface area contributed by atoms with Crippen LogP contribution < -0.4 is 10.2 Å². The van der Waals surface area contributed by atoms with Gasteiger partial charge in [-0.05, 0) is 38.1 Å². The maximum absolute atomic E-state index is 9.28. The number of aliphatic carboxylic acids is 2. The van der Waals surface area contributed by atoms with E-state index in [1.54, 1.807) is 12.4 Å². The van der Waals surface area contributed by atoms with Crippen LogP contribution in [0.15, 0.2) is 48.8 Å². The van der Waals surface area contributed by atoms with Gasteiger partial charge in [-0.1, -0.05) is 12.1 Å². The predicted molar refractivity (Wildman–Crippen MR) is 72.6 cm³/mol. The molecule has 2 rings (SSSR count). The maximum Gasteiger partial charge on any atom is 2.00 e. The number of carboxylic acids is 2. The van der Waals surface area contributed by atoms with Gasteiger partial charge in [-0.3, -0.25) is 9.97 Å². The number of carbonyl (C=O) groups is 2. The van der Waals surface area contributed by atoms with Gasteiger partial charge >= 0.3 is 21.1 Å². The van der Waals surface area contributed by atoms with Gasteiger partial charge < -0.3 is 19.8 Å². The molecule has 6 nitrogen and oxygen atoms in total. The van der Waals surface area contributed by atoms with Gasteiger partial charge in [0.25, 0.3) is 0 Å². The summed E-state index contributed by atoms with van der Waals surface area (Å²) in [6, 6.07) is 11.7. The van der Waals surface area contributed by atoms with Gasteiger partial charge in [-0.25, -0.2) is 0 Å². The minimum Gasteiger partial charge on any atom is -0.550 e. The molecular weight excluding hydrogens is 467 g/mol. The van der Waals surface area contributed by atoms with Gasteiger partial charge in [0.2, 0.25) is 0 Å². The average Bonchev–Trinajstić information content (AvgIpc) is 2.40. The molecule has 0 atom stereocenters. The van der Waals surface area contributed by atoms with Crippen molar-refractivity contribution >= 4 is 11.9 Å². The fourth-order valence-corrected chi connectivity index (χ4v) is 1.01. The summed E-state index contributed by atoms with van der Waals surface area (Å²) in [5.74, 6) is -3.25. The van der Waals surface area contributed by atoms with E-state index in [1.807, 2.05) is 50.2 Å². The van der Waals surface area contributed by atoms with E-state index in [-0.39, 0.29) is 21.1 Å². The van der Waals surface area contributed by atoms with Crippen LogP contribution in [0, 0.1) is 13.8 Å². The van der Waals surface area contributed by atoms with Crippen LogP contribution in [0.2, 0.25) is 0 Å². The van der Waals surface area contributed by atoms with E-state index < -0.39 is 18.4 Å². The van der Waals surface area contributed by atoms with Crippen molar-refractivity contribution in [3.05, 3.63) is 60.2 Å². The van der Waals surface area contributed by atoms with Crippen molar-refractivity contribution in [3.8, 4) is 0 Å². The summed E-state index contributed by atoms with van der Waals surface area (Å²) < 4.78 is 0. The molecule has 0 saturated heterocycles. The zero-order valence-electron chi connectivity index (χ0n) is 12.2. The maximum atomic E-state index is 9.28. The Hall–Kier alpha value is -2.07. The summed E-state index contributed by atoms with van der Waals surface area (Å²) in [6.45, 7) is 3.94. The molecule has 0 unspecified atom stereocenters. The third-order valence-electron chi connectivity index (χ3n) is 1.91. The fourth-order valence-electron chi connectivity index (χ4n) is 1.01. The molecule has 0 N–H and O–H groups in total. The summed E-state index contributed by atoms with van der Waals surface area (Å²) in [6.07, 6.45) is 2.55. The van der Waals surface area contributed by atoms with E-state index >= 15 is 0 Å². The molecule has 0 aromatic carbocycles. The Morgan fingerprint density at radius 3 is 1.32 bits per heavy atom. The molecule has 2 aromatic heterocycles. The van der Waals surface area contributed by atoms with Crippen molar-refractivity contribution in [2.45, 2.75) is 20.3 Å². The summed E-state index contributed by atoms with van der Waals surface area (Å²) in [7, 11) is 0. The van der Waals surface area contributed by atoms with Crippen molar-refractivity contribution in [2.75, 3.05) is 0 Å². The van der Waals surface area contributed by atoms with E-state index in [0.29, 0.717) is 0 Å². The number of nitrogens with zero attached hydrogens (tertiary/aromatic N) is 2. The van der Waals surface area contributed by atoms with E-state index in [0.717, 1.165) is 11.4 Å². The molecule has 0 aliphatic heterocycles. The number of carboxylic acid groups (broad SMARTS) is 2. The van der Waals surface area contributed by atoms with Crippen LogP contribution >= 0.6 is 0 Å². The topological polar surface area (TPSA) is 106 Å². The van der Waals surface area contributed by atoms with Crippen molar-refractivity contribution in [3.63, 3.8) is 0 Å². The number of aryl methyl sites for hydroxylation is 2. The molecule has 2 heterocycles. The van der Waals surface area contributed by atoms with Crippen LogP contribution in [-0.2, 0) is 30.7 Å². The second-order valence-electron chi connectivity index (χ2n) is 3.86. The number of hydrogen-bond acceptors (Lipinski definition) is 6. The summed E-state index contributed by atoms with van der Waals surface area (Å²) in [4.78, 5) is 26.5. The van der Waals surface area contributed by atoms with Gasteiger partial charge in [0.15, 0.2) is 0 Å². The molecule has 0 aliphatic carbocycles. The second-order valence-corrected chi connectivity index (χ2v) is 3.86. The molecular formula is C15H16N2O4Pt. The Bertz CT molecular complexity index is 486. The normalized spacial score (nSPS) is 8.09. The first kappa shape index (κ1) is 22.2. The third-order valence-corrected chi connectivity index (χ3v) is 1.91. The number of aromatic nitrogens is 2. The smallest absolute Gasteiger partial charge is 0.550 e. The van der Waals surface area contributed by atoms with Gasteiger partial charge in [0.05, 0.1) is 0 Å². The van der Waals surface area contributed by atoms with Gasteiger partial charge in [-0.2, -0.15) is 0 Å². The molecule has 7 heteroatoms. The van der Waals surface area contributed by atoms with E-state index in [4.69, 9.17) is 0 Å². The number of rotatable bonds is 2. The average molecular weight is 483 g/mol. The summed E-state index contributed by atoms with van der Waals surface area (Å²) in [5.41, 5.74) is 2.14. The Morgan fingerprint density at radius 2 is 1.23 bits per heavy atom. The van der Waals surface area contributed by atoms with E-state index in [1.165, 1.54) is 0 Å². The van der Waals surface area contributed by atoms with Crippen molar-refractivity contribution < 1.29 is 40.9 Å². The molecule has 0 bridgehead atoms. The zero-order chi connectivity index (χ0) is 16.1. The van der Waals surface area contributed by atoms with Gasteiger partial charge in [0, 0.05) is 42.1 Å². The molecule has 120 valence electrons. The van der Waals surface area contributed by atoms with E-state index in [9.17, 15) is 19.8 Å². The van der Waals surface area contributed by atoms with Crippen LogP contribution in [0.5, 0.6) is 0 Å². The van der Waals surface area contributed by atoms with Crippen molar-refractivity contribution in [1.82, 2.24) is 9.97 Å². The van der Waals surface area contributed by atoms with Crippen LogP contribution in [0.4, 0.5) is 0 Å². The van der Waals surface area contributed by atoms with Gasteiger partial charge in [-0.15, -0.1) is 0 Å². The Morgan fingerprint density at radius 1 is 0.864 bits per heavy atom. The molecule has 22 heavy (non-hydrogen) atoms. The molecule has 0 amide bonds. The molecule has 0 aliphatic rings. The first-order valence-electron chi connectivity index (χ1n) is 6.06. The number of hydrogen-bond donors (Lipinski definition) is 0. The Labute approximate surface area is 143 Å².